The summed E-state index contributed by atoms with van der Waals surface area (Å²) >= 11 is 0. The SMILES string of the molecule is CCOc1ccc(F)c(-c2ccc(C)cc2C2=CCCC2(C)C)c1. The van der Waals surface area contributed by atoms with Crippen LogP contribution >= 0.6 is 0 Å². The second-order valence-electron chi connectivity index (χ2n) is 7.16. The zero-order chi connectivity index (χ0) is 17.3. The summed E-state index contributed by atoms with van der Waals surface area (Å²) in [6, 6.07) is 11.3. The number of benzene rings is 2. The molecule has 0 radical (unpaired) electrons. The molecule has 1 aliphatic carbocycles. The van der Waals surface area contributed by atoms with Crippen molar-refractivity contribution in [3.63, 3.8) is 0 Å². The van der Waals surface area contributed by atoms with E-state index in [9.17, 15) is 4.39 Å². The number of aryl methyl sites for hydroxylation is 1. The molecule has 0 atom stereocenters. The summed E-state index contributed by atoms with van der Waals surface area (Å²) in [5.74, 6) is 0.500. The molecule has 0 heterocycles. The Labute approximate surface area is 144 Å². The molecule has 0 unspecified atom stereocenters. The maximum atomic E-state index is 14.6. The lowest BCUT2D eigenvalue weighted by Gasteiger charge is -2.25. The van der Waals surface area contributed by atoms with E-state index in [2.05, 4.69) is 32.9 Å². The Balaban J connectivity index is 2.18. The van der Waals surface area contributed by atoms with Crippen LogP contribution in [0.25, 0.3) is 16.7 Å². The van der Waals surface area contributed by atoms with E-state index in [-0.39, 0.29) is 11.2 Å². The second kappa shape index (κ2) is 6.43. The summed E-state index contributed by atoms with van der Waals surface area (Å²) in [4.78, 5) is 0. The van der Waals surface area contributed by atoms with Gasteiger partial charge >= 0.3 is 0 Å². The largest absolute Gasteiger partial charge is 0.494 e. The first kappa shape index (κ1) is 16.8. The van der Waals surface area contributed by atoms with Gasteiger partial charge in [-0.1, -0.05) is 43.7 Å². The van der Waals surface area contributed by atoms with Crippen LogP contribution in [0.15, 0.2) is 42.5 Å². The van der Waals surface area contributed by atoms with Gasteiger partial charge in [-0.15, -0.1) is 0 Å². The highest BCUT2D eigenvalue weighted by Crippen LogP contribution is 2.47. The number of hydrogen-bond acceptors (Lipinski definition) is 1. The number of ether oxygens (including phenoxy) is 1. The molecule has 2 heteroatoms. The minimum Gasteiger partial charge on any atom is -0.494 e. The van der Waals surface area contributed by atoms with Crippen molar-refractivity contribution in [1.29, 1.82) is 0 Å². The molecule has 0 saturated heterocycles. The van der Waals surface area contributed by atoms with E-state index in [1.165, 1.54) is 17.2 Å². The monoisotopic (exact) mass is 324 g/mol. The summed E-state index contributed by atoms with van der Waals surface area (Å²) in [6.07, 6.45) is 4.52. The van der Waals surface area contributed by atoms with Crippen molar-refractivity contribution >= 4 is 5.57 Å². The quantitative estimate of drug-likeness (QED) is 0.632. The first-order chi connectivity index (χ1) is 11.4. The predicted molar refractivity (Wildman–Crippen MR) is 98.7 cm³/mol. The first-order valence-corrected chi connectivity index (χ1v) is 8.67. The summed E-state index contributed by atoms with van der Waals surface area (Å²) in [7, 11) is 0. The molecule has 0 saturated carbocycles. The lowest BCUT2D eigenvalue weighted by Crippen LogP contribution is -2.10. The van der Waals surface area contributed by atoms with Crippen LogP contribution in [-0.2, 0) is 0 Å². The fourth-order valence-corrected chi connectivity index (χ4v) is 3.55. The number of rotatable bonds is 4. The van der Waals surface area contributed by atoms with Crippen LogP contribution < -0.4 is 4.74 Å². The smallest absolute Gasteiger partial charge is 0.131 e. The van der Waals surface area contributed by atoms with E-state index in [1.807, 2.05) is 25.1 Å². The van der Waals surface area contributed by atoms with Crippen LogP contribution in [0, 0.1) is 18.2 Å². The molecule has 126 valence electrons. The lowest BCUT2D eigenvalue weighted by molar-refractivity contribution is 0.340. The number of hydrogen-bond donors (Lipinski definition) is 0. The summed E-state index contributed by atoms with van der Waals surface area (Å²) < 4.78 is 20.2. The highest BCUT2D eigenvalue weighted by molar-refractivity contribution is 5.85. The van der Waals surface area contributed by atoms with Gasteiger partial charge in [0.05, 0.1) is 6.61 Å². The Bertz CT molecular complexity index is 787. The van der Waals surface area contributed by atoms with Crippen LogP contribution in [0.1, 0.15) is 44.7 Å². The molecule has 0 N–H and O–H groups in total. The van der Waals surface area contributed by atoms with Gasteiger partial charge < -0.3 is 4.74 Å². The number of halogens is 1. The van der Waals surface area contributed by atoms with Gasteiger partial charge in [-0.05, 0) is 67.0 Å². The molecule has 24 heavy (non-hydrogen) atoms. The zero-order valence-corrected chi connectivity index (χ0v) is 14.9. The molecular weight excluding hydrogens is 299 g/mol. The standard InChI is InChI=1S/C22H25FO/c1-5-24-16-9-11-21(23)19(14-16)17-10-8-15(2)13-18(17)20-7-6-12-22(20,3)4/h7-11,13-14H,5-6,12H2,1-4H3. The van der Waals surface area contributed by atoms with E-state index >= 15 is 0 Å². The normalized spacial score (nSPS) is 16.1. The van der Waals surface area contributed by atoms with Crippen molar-refractivity contribution in [3.05, 3.63) is 59.4 Å². The van der Waals surface area contributed by atoms with Crippen LogP contribution in [0.4, 0.5) is 4.39 Å². The predicted octanol–water partition coefficient (Wildman–Crippen LogP) is 6.40. The molecule has 0 fully saturated rings. The third kappa shape index (κ3) is 3.10. The Morgan fingerprint density at radius 3 is 2.50 bits per heavy atom. The van der Waals surface area contributed by atoms with E-state index in [4.69, 9.17) is 4.74 Å². The van der Waals surface area contributed by atoms with Gasteiger partial charge in [0.25, 0.3) is 0 Å². The minimum absolute atomic E-state index is 0.122. The summed E-state index contributed by atoms with van der Waals surface area (Å²) in [6.45, 7) is 9.13. The topological polar surface area (TPSA) is 9.23 Å². The van der Waals surface area contributed by atoms with Gasteiger partial charge in [-0.2, -0.15) is 0 Å². The Morgan fingerprint density at radius 2 is 1.83 bits per heavy atom. The fourth-order valence-electron chi connectivity index (χ4n) is 3.55. The lowest BCUT2D eigenvalue weighted by atomic mass is 9.79. The molecule has 3 rings (SSSR count). The summed E-state index contributed by atoms with van der Waals surface area (Å²) in [5, 5.41) is 0. The van der Waals surface area contributed by atoms with Crippen molar-refractivity contribution in [2.45, 2.75) is 40.5 Å². The van der Waals surface area contributed by atoms with E-state index < -0.39 is 0 Å². The molecule has 0 amide bonds. The third-order valence-corrected chi connectivity index (χ3v) is 4.85. The van der Waals surface area contributed by atoms with Crippen LogP contribution in [0.2, 0.25) is 0 Å². The maximum absolute atomic E-state index is 14.6. The van der Waals surface area contributed by atoms with Gasteiger partial charge in [0.15, 0.2) is 0 Å². The molecule has 2 aromatic carbocycles. The van der Waals surface area contributed by atoms with Crippen molar-refractivity contribution < 1.29 is 9.13 Å². The first-order valence-electron chi connectivity index (χ1n) is 8.67. The molecule has 0 aliphatic heterocycles. The average Bonchev–Trinajstić information content (AvgIpc) is 2.89. The highest BCUT2D eigenvalue weighted by Gasteiger charge is 2.30. The molecule has 0 bridgehead atoms. The van der Waals surface area contributed by atoms with Gasteiger partial charge in [-0.25, -0.2) is 4.39 Å². The van der Waals surface area contributed by atoms with Crippen molar-refractivity contribution in [2.24, 2.45) is 5.41 Å². The zero-order valence-electron chi connectivity index (χ0n) is 14.9. The molecule has 0 aromatic heterocycles. The van der Waals surface area contributed by atoms with Crippen LogP contribution in [0.5, 0.6) is 5.75 Å². The average molecular weight is 324 g/mol. The van der Waals surface area contributed by atoms with Gasteiger partial charge in [0.2, 0.25) is 0 Å². The Hall–Kier alpha value is -2.09. The molecule has 2 aromatic rings. The van der Waals surface area contributed by atoms with E-state index in [0.29, 0.717) is 17.9 Å². The van der Waals surface area contributed by atoms with Crippen molar-refractivity contribution in [1.82, 2.24) is 0 Å². The third-order valence-electron chi connectivity index (χ3n) is 4.85. The maximum Gasteiger partial charge on any atom is 0.131 e. The van der Waals surface area contributed by atoms with E-state index in [0.717, 1.165) is 24.0 Å². The Morgan fingerprint density at radius 1 is 1.04 bits per heavy atom. The molecule has 0 spiro atoms. The highest BCUT2D eigenvalue weighted by atomic mass is 19.1. The van der Waals surface area contributed by atoms with Crippen molar-refractivity contribution in [3.8, 4) is 16.9 Å². The molecule has 1 aliphatic rings. The minimum atomic E-state index is -0.208. The Kier molecular flexibility index (Phi) is 4.49. The summed E-state index contributed by atoms with van der Waals surface area (Å²) in [5.41, 5.74) is 5.34. The van der Waals surface area contributed by atoms with Crippen molar-refractivity contribution in [2.75, 3.05) is 6.61 Å². The van der Waals surface area contributed by atoms with E-state index in [1.54, 1.807) is 6.07 Å². The van der Waals surface area contributed by atoms with Crippen LogP contribution in [0.3, 0.4) is 0 Å². The van der Waals surface area contributed by atoms with Gasteiger partial charge in [-0.3, -0.25) is 0 Å². The number of allylic oxidation sites excluding steroid dienone is 2. The van der Waals surface area contributed by atoms with Crippen LogP contribution in [-0.4, -0.2) is 6.61 Å². The second-order valence-corrected chi connectivity index (χ2v) is 7.16. The fraction of sp³-hybridized carbons (Fsp3) is 0.364. The molecular formula is C22H25FO. The molecule has 1 nitrogen and oxygen atoms in total. The van der Waals surface area contributed by atoms with Gasteiger partial charge in [0, 0.05) is 5.56 Å². The van der Waals surface area contributed by atoms with Gasteiger partial charge in [0.1, 0.15) is 11.6 Å².